The summed E-state index contributed by atoms with van der Waals surface area (Å²) in [5.41, 5.74) is -2.92. The second-order valence-corrected chi connectivity index (χ2v) is 9.17. The molecular weight excluding hydrogens is 453 g/mol. The Morgan fingerprint density at radius 1 is 1.06 bits per heavy atom. The van der Waals surface area contributed by atoms with E-state index in [4.69, 9.17) is 0 Å². The molecule has 0 radical (unpaired) electrons. The van der Waals surface area contributed by atoms with Crippen LogP contribution in [0, 0.1) is 0 Å². The molecule has 4 rings (SSSR count). The molecule has 10 heteroatoms. The Morgan fingerprint density at radius 2 is 1.76 bits per heavy atom. The molecule has 3 amide bonds. The van der Waals surface area contributed by atoms with E-state index in [-0.39, 0.29) is 28.9 Å². The van der Waals surface area contributed by atoms with Crippen molar-refractivity contribution in [3.63, 3.8) is 0 Å². The molecule has 1 saturated heterocycles. The molecule has 1 aliphatic rings. The topological polar surface area (TPSA) is 65.5 Å². The first-order valence-electron chi connectivity index (χ1n) is 10.1. The van der Waals surface area contributed by atoms with Crippen molar-refractivity contribution >= 4 is 46.0 Å². The van der Waals surface area contributed by atoms with Crippen molar-refractivity contribution in [3.8, 4) is 0 Å². The second-order valence-electron chi connectivity index (χ2n) is 8.03. The summed E-state index contributed by atoms with van der Waals surface area (Å²) in [6.07, 6.45) is 1.66. The molecule has 0 atom stereocenters. The monoisotopic (exact) mass is 474 g/mol. The molecule has 3 aromatic rings. The zero-order chi connectivity index (χ0) is 24.0. The minimum atomic E-state index is -4.42. The highest BCUT2D eigenvalue weighted by Gasteiger charge is 2.51. The summed E-state index contributed by atoms with van der Waals surface area (Å²) in [7, 11) is 1.80. The van der Waals surface area contributed by atoms with Crippen LogP contribution in [0.25, 0.3) is 10.9 Å². The predicted molar refractivity (Wildman–Crippen MR) is 122 cm³/mol. The fourth-order valence-corrected chi connectivity index (χ4v) is 4.41. The van der Waals surface area contributed by atoms with Crippen LogP contribution >= 0.6 is 11.8 Å². The molecule has 33 heavy (non-hydrogen) atoms. The molecule has 2 heterocycles. The van der Waals surface area contributed by atoms with E-state index in [1.807, 2.05) is 18.2 Å². The van der Waals surface area contributed by atoms with E-state index in [0.717, 1.165) is 27.1 Å². The van der Waals surface area contributed by atoms with Crippen molar-refractivity contribution < 1.29 is 22.8 Å². The number of aromatic nitrogens is 1. The summed E-state index contributed by atoms with van der Waals surface area (Å²) >= 11 is -0.250. The molecule has 1 N–H and O–H groups in total. The number of hydrogen-bond acceptors (Lipinski definition) is 5. The molecule has 172 valence electrons. The molecule has 1 fully saturated rings. The van der Waals surface area contributed by atoms with Gasteiger partial charge in [-0.05, 0) is 67.6 Å². The number of alkyl halides is 3. The van der Waals surface area contributed by atoms with Gasteiger partial charge in [0.05, 0.1) is 16.9 Å². The Kier molecular flexibility index (Phi) is 5.73. The largest absolute Gasteiger partial charge is 0.446 e. The van der Waals surface area contributed by atoms with E-state index in [1.165, 1.54) is 29.2 Å². The predicted octanol–water partition coefficient (Wildman–Crippen LogP) is 5.64. The molecule has 0 unspecified atom stereocenters. The van der Waals surface area contributed by atoms with Crippen molar-refractivity contribution in [2.24, 2.45) is 0 Å². The molecular formula is C23H21F3N4O2S. The Morgan fingerprint density at radius 3 is 2.39 bits per heavy atom. The number of imide groups is 1. The maximum Gasteiger partial charge on any atom is 0.446 e. The van der Waals surface area contributed by atoms with E-state index in [0.29, 0.717) is 0 Å². The number of hydrogen-bond donors (Lipinski definition) is 1. The number of thioether (sulfide) groups is 1. The van der Waals surface area contributed by atoms with Crippen molar-refractivity contribution in [3.05, 3.63) is 60.3 Å². The van der Waals surface area contributed by atoms with E-state index >= 15 is 0 Å². The summed E-state index contributed by atoms with van der Waals surface area (Å²) in [4.78, 5) is 33.4. The van der Waals surface area contributed by atoms with Crippen LogP contribution in [0.3, 0.4) is 0 Å². The number of anilines is 2. The number of halogens is 3. The summed E-state index contributed by atoms with van der Waals surface area (Å²) in [5.74, 6) is -0.446. The van der Waals surface area contributed by atoms with Gasteiger partial charge in [-0.25, -0.2) is 9.69 Å². The summed E-state index contributed by atoms with van der Waals surface area (Å²) in [6.45, 7) is 3.48. The number of nitrogens with one attached hydrogen (secondary N) is 1. The Labute approximate surface area is 192 Å². The average Bonchev–Trinajstić information content (AvgIpc) is 2.92. The van der Waals surface area contributed by atoms with E-state index < -0.39 is 23.0 Å². The first kappa shape index (κ1) is 22.9. The number of carbonyl (C=O) groups excluding carboxylic acids is 2. The van der Waals surface area contributed by atoms with Crippen LogP contribution in [0.5, 0.6) is 0 Å². The van der Waals surface area contributed by atoms with Gasteiger partial charge in [0.25, 0.3) is 5.91 Å². The van der Waals surface area contributed by atoms with Crippen molar-refractivity contribution in [1.29, 1.82) is 0 Å². The standard InChI is InChI=1S/C23H21F3N4O2S/c1-22(2)20(31)30(15-7-9-16(10-8-15)33-23(24,25)26)21(32)29(22)13-14-11-12-28-19-17(14)5-4-6-18(19)27-3/h4-12,27H,13H2,1-3H3. The van der Waals surface area contributed by atoms with Crippen LogP contribution < -0.4 is 10.2 Å². The first-order valence-corrected chi connectivity index (χ1v) is 10.9. The number of carbonyl (C=O) groups is 2. The van der Waals surface area contributed by atoms with Crippen molar-refractivity contribution in [2.75, 3.05) is 17.3 Å². The van der Waals surface area contributed by atoms with Crippen molar-refractivity contribution in [2.45, 2.75) is 36.3 Å². The second kappa shape index (κ2) is 8.26. The van der Waals surface area contributed by atoms with Gasteiger partial charge in [0.15, 0.2) is 0 Å². The van der Waals surface area contributed by atoms with Gasteiger partial charge in [0.1, 0.15) is 5.54 Å². The number of benzene rings is 2. The van der Waals surface area contributed by atoms with Crippen LogP contribution in [0.4, 0.5) is 29.3 Å². The van der Waals surface area contributed by atoms with Gasteiger partial charge in [0, 0.05) is 30.1 Å². The highest BCUT2D eigenvalue weighted by atomic mass is 32.2. The van der Waals surface area contributed by atoms with E-state index in [9.17, 15) is 22.8 Å². The van der Waals surface area contributed by atoms with Gasteiger partial charge < -0.3 is 10.2 Å². The lowest BCUT2D eigenvalue weighted by Crippen LogP contribution is -2.43. The number of amides is 3. The zero-order valence-electron chi connectivity index (χ0n) is 18.1. The Balaban J connectivity index is 1.66. The first-order chi connectivity index (χ1) is 15.5. The number of para-hydroxylation sites is 1. The van der Waals surface area contributed by atoms with Crippen LogP contribution in [-0.2, 0) is 11.3 Å². The lowest BCUT2D eigenvalue weighted by atomic mass is 10.0. The number of pyridine rings is 1. The van der Waals surface area contributed by atoms with Crippen LogP contribution in [-0.4, -0.2) is 39.9 Å². The Hall–Kier alpha value is -3.27. The lowest BCUT2D eigenvalue weighted by molar-refractivity contribution is -0.123. The maximum atomic E-state index is 13.3. The van der Waals surface area contributed by atoms with Gasteiger partial charge in [-0.2, -0.15) is 13.2 Å². The molecule has 2 aromatic carbocycles. The highest BCUT2D eigenvalue weighted by Crippen LogP contribution is 2.39. The van der Waals surface area contributed by atoms with Gasteiger partial charge in [0.2, 0.25) is 0 Å². The SMILES string of the molecule is CNc1cccc2c(CN3C(=O)N(c4ccc(SC(F)(F)F)cc4)C(=O)C3(C)C)ccnc12. The van der Waals surface area contributed by atoms with Gasteiger partial charge in [-0.3, -0.25) is 9.78 Å². The van der Waals surface area contributed by atoms with Crippen LogP contribution in [0.15, 0.2) is 59.6 Å². The molecule has 1 aromatic heterocycles. The molecule has 0 aliphatic carbocycles. The molecule has 6 nitrogen and oxygen atoms in total. The lowest BCUT2D eigenvalue weighted by Gasteiger charge is -2.28. The third kappa shape index (κ3) is 4.22. The number of rotatable bonds is 5. The number of nitrogens with zero attached hydrogens (tertiary/aromatic N) is 3. The Bertz CT molecular complexity index is 1230. The smallest absolute Gasteiger partial charge is 0.386 e. The van der Waals surface area contributed by atoms with Gasteiger partial charge >= 0.3 is 11.5 Å². The highest BCUT2D eigenvalue weighted by molar-refractivity contribution is 8.00. The summed E-state index contributed by atoms with van der Waals surface area (Å²) < 4.78 is 37.8. The number of urea groups is 1. The quantitative estimate of drug-likeness (QED) is 0.383. The van der Waals surface area contributed by atoms with Gasteiger partial charge in [-0.15, -0.1) is 0 Å². The molecule has 1 aliphatic heterocycles. The third-order valence-corrected chi connectivity index (χ3v) is 6.35. The normalized spacial score (nSPS) is 16.1. The minimum absolute atomic E-state index is 0.0231. The van der Waals surface area contributed by atoms with E-state index in [1.54, 1.807) is 33.2 Å². The van der Waals surface area contributed by atoms with Crippen molar-refractivity contribution in [1.82, 2.24) is 9.88 Å². The van der Waals surface area contributed by atoms with Crippen LogP contribution in [0.2, 0.25) is 0 Å². The summed E-state index contributed by atoms with van der Waals surface area (Å²) in [5, 5.41) is 3.95. The maximum absolute atomic E-state index is 13.3. The summed E-state index contributed by atoms with van der Waals surface area (Å²) in [6, 6.07) is 12.2. The third-order valence-electron chi connectivity index (χ3n) is 5.61. The van der Waals surface area contributed by atoms with Gasteiger partial charge in [-0.1, -0.05) is 12.1 Å². The fraction of sp³-hybridized carbons (Fsp3) is 0.261. The number of fused-ring (bicyclic) bond motifs is 1. The zero-order valence-corrected chi connectivity index (χ0v) is 18.9. The average molecular weight is 475 g/mol. The minimum Gasteiger partial charge on any atom is -0.386 e. The van der Waals surface area contributed by atoms with Crippen LogP contribution in [0.1, 0.15) is 19.4 Å². The molecule has 0 bridgehead atoms. The molecule has 0 saturated carbocycles. The fourth-order valence-electron chi connectivity index (χ4n) is 3.87. The van der Waals surface area contributed by atoms with E-state index in [2.05, 4.69) is 10.3 Å². The molecule has 0 spiro atoms.